The Labute approximate surface area is 190 Å². The smallest absolute Gasteiger partial charge is 0.142 e. The fraction of sp³-hybridized carbons (Fsp3) is 0.0769. The number of hydrogen-bond donors (Lipinski definition) is 1. The Morgan fingerprint density at radius 2 is 1.59 bits per heavy atom. The molecule has 0 atom stereocenters. The monoisotopic (exact) mass is 435 g/mol. The molecule has 0 unspecified atom stereocenters. The molecule has 0 spiro atoms. The summed E-state index contributed by atoms with van der Waals surface area (Å²) in [6.45, 7) is 3.99. The number of aryl methyl sites for hydroxylation is 2. The lowest BCUT2D eigenvalue weighted by Gasteiger charge is -2.10. The van der Waals surface area contributed by atoms with Crippen molar-refractivity contribution in [1.82, 2.24) is 19.9 Å². The maximum Gasteiger partial charge on any atom is 0.142 e. The standard InChI is InChI=1S/C26H21N5S/c1-17-9-11-19(12-10-17)23-15-25(29-18(2)28-23)30-21-7-5-6-20(14-21)24-16-32-26(31-24)22-8-3-4-13-27-22/h3-16H,1-2H3,(H,28,29,30). The van der Waals surface area contributed by atoms with E-state index in [1.54, 1.807) is 17.5 Å². The van der Waals surface area contributed by atoms with Gasteiger partial charge in [-0.3, -0.25) is 4.98 Å². The molecule has 5 aromatic rings. The van der Waals surface area contributed by atoms with Gasteiger partial charge in [0.15, 0.2) is 0 Å². The number of thiazole rings is 1. The maximum absolute atomic E-state index is 4.78. The minimum atomic E-state index is 0.723. The number of nitrogens with one attached hydrogen (secondary N) is 1. The summed E-state index contributed by atoms with van der Waals surface area (Å²) in [5, 5.41) is 6.40. The molecule has 0 aliphatic carbocycles. The molecule has 0 aliphatic rings. The van der Waals surface area contributed by atoms with E-state index in [2.05, 4.69) is 69.0 Å². The maximum atomic E-state index is 4.78. The van der Waals surface area contributed by atoms with Gasteiger partial charge in [0.05, 0.1) is 17.1 Å². The van der Waals surface area contributed by atoms with Crippen molar-refractivity contribution in [3.05, 3.63) is 95.8 Å². The number of pyridine rings is 1. The van der Waals surface area contributed by atoms with Crippen molar-refractivity contribution < 1.29 is 0 Å². The Hall–Kier alpha value is -3.90. The van der Waals surface area contributed by atoms with Crippen LogP contribution in [0.4, 0.5) is 11.5 Å². The highest BCUT2D eigenvalue weighted by molar-refractivity contribution is 7.13. The van der Waals surface area contributed by atoms with Crippen LogP contribution in [0.5, 0.6) is 0 Å². The van der Waals surface area contributed by atoms with Gasteiger partial charge in [0.25, 0.3) is 0 Å². The average Bonchev–Trinajstić information content (AvgIpc) is 3.30. The summed E-state index contributed by atoms with van der Waals surface area (Å²) in [5.41, 5.74) is 7.00. The normalized spacial score (nSPS) is 10.8. The Morgan fingerprint density at radius 3 is 2.41 bits per heavy atom. The number of rotatable bonds is 5. The number of hydrogen-bond acceptors (Lipinski definition) is 6. The zero-order valence-electron chi connectivity index (χ0n) is 17.8. The fourth-order valence-electron chi connectivity index (χ4n) is 3.42. The first kappa shape index (κ1) is 20.0. The first-order valence-electron chi connectivity index (χ1n) is 10.3. The van der Waals surface area contributed by atoms with E-state index >= 15 is 0 Å². The largest absolute Gasteiger partial charge is 0.340 e. The molecule has 2 aromatic carbocycles. The van der Waals surface area contributed by atoms with Crippen molar-refractivity contribution >= 4 is 22.8 Å². The summed E-state index contributed by atoms with van der Waals surface area (Å²) >= 11 is 1.60. The van der Waals surface area contributed by atoms with Gasteiger partial charge >= 0.3 is 0 Å². The number of benzene rings is 2. The van der Waals surface area contributed by atoms with Crippen LogP contribution in [0.1, 0.15) is 11.4 Å². The van der Waals surface area contributed by atoms with Crippen LogP contribution in [-0.2, 0) is 0 Å². The second kappa shape index (κ2) is 8.69. The van der Waals surface area contributed by atoms with Crippen molar-refractivity contribution in [2.45, 2.75) is 13.8 Å². The highest BCUT2D eigenvalue weighted by atomic mass is 32.1. The van der Waals surface area contributed by atoms with Crippen LogP contribution in [0.15, 0.2) is 84.4 Å². The number of anilines is 2. The van der Waals surface area contributed by atoms with Crippen LogP contribution in [0.25, 0.3) is 33.2 Å². The van der Waals surface area contributed by atoms with Gasteiger partial charge in [-0.1, -0.05) is 48.0 Å². The third kappa shape index (κ3) is 4.40. The van der Waals surface area contributed by atoms with Gasteiger partial charge < -0.3 is 5.32 Å². The molecule has 0 radical (unpaired) electrons. The van der Waals surface area contributed by atoms with Crippen LogP contribution in [0.2, 0.25) is 0 Å². The summed E-state index contributed by atoms with van der Waals surface area (Å²) < 4.78 is 0. The van der Waals surface area contributed by atoms with E-state index in [4.69, 9.17) is 4.98 Å². The molecule has 0 saturated carbocycles. The summed E-state index contributed by atoms with van der Waals surface area (Å²) in [7, 11) is 0. The van der Waals surface area contributed by atoms with Gasteiger partial charge in [-0.2, -0.15) is 0 Å². The van der Waals surface area contributed by atoms with Crippen molar-refractivity contribution in [1.29, 1.82) is 0 Å². The second-order valence-corrected chi connectivity index (χ2v) is 8.37. The zero-order chi connectivity index (χ0) is 21.9. The Balaban J connectivity index is 1.41. The lowest BCUT2D eigenvalue weighted by atomic mass is 10.1. The average molecular weight is 436 g/mol. The van der Waals surface area contributed by atoms with E-state index in [1.165, 1.54) is 5.56 Å². The molecule has 0 bridgehead atoms. The van der Waals surface area contributed by atoms with Crippen molar-refractivity contribution in [2.75, 3.05) is 5.32 Å². The van der Waals surface area contributed by atoms with Crippen LogP contribution < -0.4 is 5.32 Å². The van der Waals surface area contributed by atoms with Crippen LogP contribution in [0, 0.1) is 13.8 Å². The molecular formula is C26H21N5S. The van der Waals surface area contributed by atoms with Gasteiger partial charge in [0.1, 0.15) is 16.6 Å². The molecule has 6 heteroatoms. The predicted molar refractivity (Wildman–Crippen MR) is 131 cm³/mol. The van der Waals surface area contributed by atoms with Crippen LogP contribution >= 0.6 is 11.3 Å². The summed E-state index contributed by atoms with van der Waals surface area (Å²) in [5.74, 6) is 1.49. The second-order valence-electron chi connectivity index (χ2n) is 7.51. The van der Waals surface area contributed by atoms with E-state index in [0.717, 1.165) is 50.5 Å². The molecule has 32 heavy (non-hydrogen) atoms. The van der Waals surface area contributed by atoms with Crippen molar-refractivity contribution in [3.8, 4) is 33.2 Å². The minimum absolute atomic E-state index is 0.723. The van der Waals surface area contributed by atoms with Gasteiger partial charge in [0, 0.05) is 34.5 Å². The van der Waals surface area contributed by atoms with Gasteiger partial charge in [-0.25, -0.2) is 15.0 Å². The van der Waals surface area contributed by atoms with E-state index in [0.29, 0.717) is 0 Å². The number of aromatic nitrogens is 4. The molecule has 156 valence electrons. The lowest BCUT2D eigenvalue weighted by molar-refractivity contribution is 1.06. The number of nitrogens with zero attached hydrogens (tertiary/aromatic N) is 4. The Morgan fingerprint density at radius 1 is 0.719 bits per heavy atom. The van der Waals surface area contributed by atoms with Gasteiger partial charge in [0.2, 0.25) is 0 Å². The van der Waals surface area contributed by atoms with Crippen molar-refractivity contribution in [2.24, 2.45) is 0 Å². The van der Waals surface area contributed by atoms with Crippen LogP contribution in [-0.4, -0.2) is 19.9 Å². The highest BCUT2D eigenvalue weighted by Gasteiger charge is 2.09. The molecule has 3 aromatic heterocycles. The van der Waals surface area contributed by atoms with Gasteiger partial charge in [-0.05, 0) is 38.1 Å². The zero-order valence-corrected chi connectivity index (χ0v) is 18.6. The first-order valence-corrected chi connectivity index (χ1v) is 11.2. The molecule has 0 amide bonds. The molecule has 0 saturated heterocycles. The van der Waals surface area contributed by atoms with E-state index in [9.17, 15) is 0 Å². The third-order valence-electron chi connectivity index (χ3n) is 5.00. The van der Waals surface area contributed by atoms with E-state index in [-0.39, 0.29) is 0 Å². The topological polar surface area (TPSA) is 63.6 Å². The predicted octanol–water partition coefficient (Wildman–Crippen LogP) is 6.69. The molecule has 0 aliphatic heterocycles. The highest BCUT2D eigenvalue weighted by Crippen LogP contribution is 2.30. The lowest BCUT2D eigenvalue weighted by Crippen LogP contribution is -1.99. The molecule has 5 rings (SSSR count). The molecule has 0 fully saturated rings. The van der Waals surface area contributed by atoms with E-state index in [1.807, 2.05) is 43.3 Å². The van der Waals surface area contributed by atoms with Gasteiger partial charge in [-0.15, -0.1) is 11.3 Å². The molecular weight excluding hydrogens is 414 g/mol. The molecule has 1 N–H and O–H groups in total. The summed E-state index contributed by atoms with van der Waals surface area (Å²) in [4.78, 5) is 18.4. The Kier molecular flexibility index (Phi) is 5.44. The summed E-state index contributed by atoms with van der Waals surface area (Å²) in [6, 6.07) is 24.4. The minimum Gasteiger partial charge on any atom is -0.340 e. The van der Waals surface area contributed by atoms with Crippen LogP contribution in [0.3, 0.4) is 0 Å². The molecule has 3 heterocycles. The molecule has 5 nitrogen and oxygen atoms in total. The third-order valence-corrected chi connectivity index (χ3v) is 5.87. The Bertz CT molecular complexity index is 1360. The summed E-state index contributed by atoms with van der Waals surface area (Å²) in [6.07, 6.45) is 1.79. The first-order chi connectivity index (χ1) is 15.6. The quantitative estimate of drug-likeness (QED) is 0.333. The fourth-order valence-corrected chi connectivity index (χ4v) is 4.23. The van der Waals surface area contributed by atoms with E-state index < -0.39 is 0 Å². The SMILES string of the molecule is Cc1ccc(-c2cc(Nc3cccc(-c4csc(-c5ccccn5)n4)c3)nc(C)n2)cc1. The van der Waals surface area contributed by atoms with Crippen molar-refractivity contribution in [3.63, 3.8) is 0 Å².